The number of alkyl halides is 2. The van der Waals surface area contributed by atoms with Gasteiger partial charge in [-0.2, -0.15) is 5.26 Å². The Hall–Kier alpha value is -3.12. The number of hydrogen-bond donors (Lipinski definition) is 2. The highest BCUT2D eigenvalue weighted by atomic mass is 19.3. The molecule has 7 nitrogen and oxygen atoms in total. The number of halogens is 2. The molecule has 2 aliphatic rings. The molecule has 0 unspecified atom stereocenters. The lowest BCUT2D eigenvalue weighted by atomic mass is 10.0. The Morgan fingerprint density at radius 2 is 2.10 bits per heavy atom. The molecule has 0 amide bonds. The highest BCUT2D eigenvalue weighted by Gasteiger charge is 2.43. The van der Waals surface area contributed by atoms with Crippen LogP contribution in [-0.2, 0) is 0 Å². The van der Waals surface area contributed by atoms with Gasteiger partial charge in [0.25, 0.3) is 5.92 Å². The van der Waals surface area contributed by atoms with E-state index < -0.39 is 18.6 Å². The van der Waals surface area contributed by atoms with Gasteiger partial charge in [0.2, 0.25) is 0 Å². The lowest BCUT2D eigenvalue weighted by molar-refractivity contribution is -0.109. The van der Waals surface area contributed by atoms with Gasteiger partial charge in [0.1, 0.15) is 24.0 Å². The van der Waals surface area contributed by atoms with Crippen LogP contribution in [0.15, 0.2) is 35.6 Å². The zero-order valence-electron chi connectivity index (χ0n) is 15.6. The van der Waals surface area contributed by atoms with E-state index in [4.69, 9.17) is 10.5 Å². The molecule has 1 saturated heterocycles. The molecule has 0 radical (unpaired) electrons. The summed E-state index contributed by atoms with van der Waals surface area (Å²) >= 11 is 0. The first kappa shape index (κ1) is 19.2. The average molecular weight is 398 g/mol. The monoisotopic (exact) mass is 398 g/mol. The van der Waals surface area contributed by atoms with Crippen molar-refractivity contribution in [1.29, 1.82) is 5.26 Å². The number of hydrogen-bond acceptors (Lipinski definition) is 6. The van der Waals surface area contributed by atoms with Crippen LogP contribution < -0.4 is 15.8 Å². The van der Waals surface area contributed by atoms with Gasteiger partial charge in [0, 0.05) is 24.0 Å². The molecule has 4 rings (SSSR count). The number of aliphatic imine (C=N–C) groups is 1. The third-order valence-corrected chi connectivity index (χ3v) is 4.97. The summed E-state index contributed by atoms with van der Waals surface area (Å²) in [5.41, 5.74) is 7.29. The van der Waals surface area contributed by atoms with Crippen molar-refractivity contribution in [2.24, 2.45) is 16.6 Å². The summed E-state index contributed by atoms with van der Waals surface area (Å²) in [7, 11) is 0. The molecule has 1 atom stereocenters. The first-order chi connectivity index (χ1) is 14.0. The van der Waals surface area contributed by atoms with Gasteiger partial charge in [-0.05, 0) is 37.6 Å². The second-order valence-corrected chi connectivity index (χ2v) is 7.23. The molecule has 0 bridgehead atoms. The van der Waals surface area contributed by atoms with Gasteiger partial charge < -0.3 is 15.8 Å². The molecule has 1 saturated carbocycles. The van der Waals surface area contributed by atoms with Crippen molar-refractivity contribution >= 4 is 11.7 Å². The van der Waals surface area contributed by atoms with Crippen LogP contribution in [0.2, 0.25) is 0 Å². The van der Waals surface area contributed by atoms with Gasteiger partial charge in [-0.25, -0.2) is 23.7 Å². The van der Waals surface area contributed by atoms with E-state index in [1.807, 2.05) is 6.07 Å². The molecule has 2 heterocycles. The third kappa shape index (κ3) is 4.32. The van der Waals surface area contributed by atoms with Crippen LogP contribution in [0.4, 0.5) is 14.6 Å². The van der Waals surface area contributed by atoms with Crippen LogP contribution in [0.1, 0.15) is 24.8 Å². The van der Waals surface area contributed by atoms with Gasteiger partial charge in [0.05, 0.1) is 17.8 Å². The number of nitrogens with zero attached hydrogens (tertiary/aromatic N) is 4. The maximum atomic E-state index is 14.0. The Balaban J connectivity index is 1.58. The van der Waals surface area contributed by atoms with Gasteiger partial charge in [-0.1, -0.05) is 0 Å². The summed E-state index contributed by atoms with van der Waals surface area (Å²) < 4.78 is 33.6. The van der Waals surface area contributed by atoms with Crippen LogP contribution in [-0.4, -0.2) is 40.9 Å². The van der Waals surface area contributed by atoms with Crippen molar-refractivity contribution in [2.45, 2.75) is 31.3 Å². The molecule has 150 valence electrons. The Morgan fingerprint density at radius 1 is 1.28 bits per heavy atom. The Labute approximate surface area is 166 Å². The predicted molar refractivity (Wildman–Crippen MR) is 103 cm³/mol. The summed E-state index contributed by atoms with van der Waals surface area (Å²) in [5, 5.41) is 12.1. The van der Waals surface area contributed by atoms with E-state index in [1.165, 1.54) is 12.4 Å². The van der Waals surface area contributed by atoms with E-state index in [1.54, 1.807) is 18.2 Å². The summed E-state index contributed by atoms with van der Waals surface area (Å²) in [6.07, 6.45) is 2.34. The van der Waals surface area contributed by atoms with Crippen molar-refractivity contribution in [3.8, 4) is 23.1 Å². The fourth-order valence-corrected chi connectivity index (χ4v) is 3.16. The Morgan fingerprint density at radius 3 is 2.83 bits per heavy atom. The number of amidine groups is 1. The number of benzene rings is 1. The molecule has 1 aliphatic heterocycles. The van der Waals surface area contributed by atoms with Crippen LogP contribution in [0.3, 0.4) is 0 Å². The Bertz CT molecular complexity index is 983. The minimum atomic E-state index is -3.00. The van der Waals surface area contributed by atoms with Crippen molar-refractivity contribution in [2.75, 3.05) is 13.1 Å². The first-order valence-electron chi connectivity index (χ1n) is 9.42. The smallest absolute Gasteiger partial charge is 0.296 e. The largest absolute Gasteiger partial charge is 0.483 e. The second-order valence-electron chi connectivity index (χ2n) is 7.23. The van der Waals surface area contributed by atoms with Gasteiger partial charge in [-0.15, -0.1) is 0 Å². The van der Waals surface area contributed by atoms with E-state index in [2.05, 4.69) is 20.3 Å². The van der Waals surface area contributed by atoms with Gasteiger partial charge >= 0.3 is 0 Å². The minimum Gasteiger partial charge on any atom is -0.483 e. The average Bonchev–Trinajstić information content (AvgIpc) is 3.55. The number of nitrogens with two attached hydrogens (primary N) is 1. The number of nitriles is 1. The SMILES string of the molecule is N#Cc1cc(-c2cc(N=C(N)C3CC3)ncn2)ccc1O[C@H]1CCNCC1(F)F. The third-order valence-electron chi connectivity index (χ3n) is 4.97. The highest BCUT2D eigenvalue weighted by molar-refractivity contribution is 5.87. The standard InChI is InChI=1S/C20H20F2N6O/c21-20(22)10-25-6-5-17(20)29-16-4-3-13(7-14(16)9-23)15-8-18(27-11-26-15)28-19(24)12-1-2-12/h3-4,7-8,11-12,17,25H,1-2,5-6,10H2,(H2,24,26,27,28)/t17-/m0/s1. The van der Waals surface area contributed by atoms with Crippen molar-refractivity contribution in [1.82, 2.24) is 15.3 Å². The number of piperidine rings is 1. The van der Waals surface area contributed by atoms with E-state index in [0.717, 1.165) is 12.8 Å². The zero-order valence-corrected chi connectivity index (χ0v) is 15.6. The topological polar surface area (TPSA) is 109 Å². The van der Waals surface area contributed by atoms with Crippen LogP contribution in [0.25, 0.3) is 11.3 Å². The van der Waals surface area contributed by atoms with Crippen LogP contribution in [0, 0.1) is 17.2 Å². The van der Waals surface area contributed by atoms with Crippen molar-refractivity contribution in [3.05, 3.63) is 36.2 Å². The molecule has 3 N–H and O–H groups in total. The zero-order chi connectivity index (χ0) is 20.4. The lowest BCUT2D eigenvalue weighted by Crippen LogP contribution is -2.52. The molecular weight excluding hydrogens is 378 g/mol. The highest BCUT2D eigenvalue weighted by Crippen LogP contribution is 2.33. The molecular formula is C20H20F2N6O. The second kappa shape index (κ2) is 7.72. The number of aromatic nitrogens is 2. The summed E-state index contributed by atoms with van der Waals surface area (Å²) in [5.74, 6) is -1.55. The fraction of sp³-hybridized carbons (Fsp3) is 0.400. The molecule has 2 aromatic rings. The molecule has 1 aromatic carbocycles. The summed E-state index contributed by atoms with van der Waals surface area (Å²) in [6.45, 7) is 0.000298. The molecule has 9 heteroatoms. The Kier molecular flexibility index (Phi) is 5.11. The predicted octanol–water partition coefficient (Wildman–Crippen LogP) is 2.79. The van der Waals surface area contributed by atoms with E-state index >= 15 is 0 Å². The van der Waals surface area contributed by atoms with Crippen molar-refractivity contribution < 1.29 is 13.5 Å². The van der Waals surface area contributed by atoms with Gasteiger partial charge in [0.15, 0.2) is 11.9 Å². The fourth-order valence-electron chi connectivity index (χ4n) is 3.16. The van der Waals surface area contributed by atoms with Crippen molar-refractivity contribution in [3.63, 3.8) is 0 Å². The van der Waals surface area contributed by atoms with E-state index in [-0.39, 0.29) is 17.7 Å². The maximum absolute atomic E-state index is 14.0. The quantitative estimate of drug-likeness (QED) is 0.592. The first-order valence-corrected chi connectivity index (χ1v) is 9.42. The molecule has 1 aromatic heterocycles. The van der Waals surface area contributed by atoms with Gasteiger partial charge in [-0.3, -0.25) is 0 Å². The molecule has 29 heavy (non-hydrogen) atoms. The maximum Gasteiger partial charge on any atom is 0.296 e. The molecule has 1 aliphatic carbocycles. The summed E-state index contributed by atoms with van der Waals surface area (Å²) in [6, 6.07) is 8.45. The molecule has 0 spiro atoms. The van der Waals surface area contributed by atoms with Crippen LogP contribution in [0.5, 0.6) is 5.75 Å². The van der Waals surface area contributed by atoms with E-state index in [0.29, 0.717) is 35.4 Å². The normalized spacial score (nSPS) is 21.4. The van der Waals surface area contributed by atoms with Crippen LogP contribution >= 0.6 is 0 Å². The number of rotatable bonds is 5. The minimum absolute atomic E-state index is 0.133. The number of nitrogens with one attached hydrogen (secondary N) is 1. The lowest BCUT2D eigenvalue weighted by Gasteiger charge is -2.32. The van der Waals surface area contributed by atoms with E-state index in [9.17, 15) is 14.0 Å². The number of ether oxygens (including phenoxy) is 1. The summed E-state index contributed by atoms with van der Waals surface area (Å²) in [4.78, 5) is 12.7. The molecule has 2 fully saturated rings.